The highest BCUT2D eigenvalue weighted by atomic mass is 16.5. The third kappa shape index (κ3) is 4.92. The number of carbonyl (C=O) groups is 2. The molecule has 1 atom stereocenters. The van der Waals surface area contributed by atoms with Crippen LogP contribution < -0.4 is 10.6 Å². The molecule has 0 amide bonds. The van der Waals surface area contributed by atoms with Crippen molar-refractivity contribution < 1.29 is 23.6 Å². The summed E-state index contributed by atoms with van der Waals surface area (Å²) in [7, 11) is 2.40. The average molecular weight is 548 g/mol. The zero-order valence-electron chi connectivity index (χ0n) is 22.5. The van der Waals surface area contributed by atoms with Crippen LogP contribution in [0.25, 0.3) is 22.8 Å². The van der Waals surface area contributed by atoms with E-state index in [-0.39, 0.29) is 28.6 Å². The molecule has 1 aliphatic heterocycles. The number of benzene rings is 3. The lowest BCUT2D eigenvalue weighted by Gasteiger charge is -2.36. The van der Waals surface area contributed by atoms with Gasteiger partial charge in [0.05, 0.1) is 37.4 Å². The quantitative estimate of drug-likeness (QED) is 0.340. The van der Waals surface area contributed by atoms with Crippen LogP contribution in [0.15, 0.2) is 106 Å². The fraction of sp³-hybridized carbons (Fsp3) is 0.129. The van der Waals surface area contributed by atoms with Crippen molar-refractivity contribution in [1.29, 1.82) is 5.26 Å². The van der Waals surface area contributed by atoms with E-state index in [2.05, 4.69) is 16.2 Å². The summed E-state index contributed by atoms with van der Waals surface area (Å²) in [5.74, 6) is -2.02. The summed E-state index contributed by atoms with van der Waals surface area (Å²) in [6.45, 7) is 1.97. The van der Waals surface area contributed by atoms with Gasteiger partial charge in [0.25, 0.3) is 5.89 Å². The van der Waals surface area contributed by atoms with E-state index in [0.29, 0.717) is 22.6 Å². The molecular weight excluding hydrogens is 522 g/mol. The Morgan fingerprint density at radius 1 is 0.951 bits per heavy atom. The number of anilines is 1. The Bertz CT molecular complexity index is 1750. The van der Waals surface area contributed by atoms with Gasteiger partial charge < -0.3 is 19.7 Å². The minimum Gasteiger partial charge on any atom is -0.466 e. The average Bonchev–Trinajstić information content (AvgIpc) is 3.51. The van der Waals surface area contributed by atoms with Gasteiger partial charge >= 0.3 is 11.9 Å². The van der Waals surface area contributed by atoms with Gasteiger partial charge in [0.1, 0.15) is 11.5 Å². The molecule has 0 saturated heterocycles. The number of carbonyl (C=O) groups excluding carboxylic acids is 2. The van der Waals surface area contributed by atoms with Crippen molar-refractivity contribution >= 4 is 17.6 Å². The number of nitriles is 1. The molecule has 2 heterocycles. The van der Waals surface area contributed by atoms with Gasteiger partial charge in [-0.15, -0.1) is 0 Å². The number of hydrogen-bond acceptors (Lipinski definition) is 10. The van der Waals surface area contributed by atoms with E-state index >= 15 is 0 Å². The van der Waals surface area contributed by atoms with Crippen LogP contribution in [0.2, 0.25) is 0 Å². The second-order valence-corrected chi connectivity index (χ2v) is 9.18. The molecule has 204 valence electrons. The maximum atomic E-state index is 13.3. The third-order valence-corrected chi connectivity index (χ3v) is 6.66. The number of hydrogen-bond donors (Lipinski definition) is 1. The minimum atomic E-state index is -0.963. The number of aromatic nitrogens is 2. The molecule has 0 spiro atoms. The van der Waals surface area contributed by atoms with Crippen LogP contribution in [0.1, 0.15) is 17.0 Å². The van der Waals surface area contributed by atoms with Crippen molar-refractivity contribution in [2.75, 3.05) is 19.1 Å². The summed E-state index contributed by atoms with van der Waals surface area (Å²) in [4.78, 5) is 32.4. The van der Waals surface area contributed by atoms with Crippen LogP contribution in [0.3, 0.4) is 0 Å². The molecule has 5 rings (SSSR count). The number of esters is 2. The first-order valence-electron chi connectivity index (χ1n) is 12.5. The summed E-state index contributed by atoms with van der Waals surface area (Å²) in [5, 5.41) is 14.3. The predicted molar refractivity (Wildman–Crippen MR) is 149 cm³/mol. The summed E-state index contributed by atoms with van der Waals surface area (Å²) in [6, 6.07) is 25.4. The number of allylic oxidation sites excluding steroid dienone is 1. The van der Waals surface area contributed by atoms with Gasteiger partial charge in [0.2, 0.25) is 5.82 Å². The predicted octanol–water partition coefficient (Wildman–Crippen LogP) is 4.61. The number of nitrogens with zero attached hydrogens (tertiary/aromatic N) is 4. The van der Waals surface area contributed by atoms with Crippen LogP contribution in [0, 0.1) is 18.3 Å². The standard InChI is InChI=1S/C31H25N5O5/c1-18-9-7-12-20(15-18)28-34-29(41-35-28)21-13-8-14-22(16-21)36-26(31(38)40-3)25(30(37)39-2)24(23(17-32)27(36)33)19-10-5-4-6-11-19/h4-16,24H,33H2,1-3H3. The highest BCUT2D eigenvalue weighted by molar-refractivity contribution is 6.06. The van der Waals surface area contributed by atoms with E-state index in [1.807, 2.05) is 31.2 Å². The molecule has 0 bridgehead atoms. The van der Waals surface area contributed by atoms with Crippen molar-refractivity contribution in [3.8, 4) is 28.9 Å². The Hall–Kier alpha value is -5.69. The van der Waals surface area contributed by atoms with Crippen molar-refractivity contribution in [1.82, 2.24) is 10.1 Å². The van der Waals surface area contributed by atoms with Crippen molar-refractivity contribution in [2.45, 2.75) is 12.8 Å². The molecule has 10 nitrogen and oxygen atoms in total. The normalized spacial score (nSPS) is 15.0. The van der Waals surface area contributed by atoms with Crippen molar-refractivity contribution in [3.05, 3.63) is 113 Å². The van der Waals surface area contributed by atoms with Gasteiger partial charge in [-0.25, -0.2) is 9.59 Å². The van der Waals surface area contributed by atoms with Gasteiger partial charge in [-0.2, -0.15) is 10.2 Å². The second-order valence-electron chi connectivity index (χ2n) is 9.18. The first kappa shape index (κ1) is 26.9. The summed E-state index contributed by atoms with van der Waals surface area (Å²) in [5.41, 5.74) is 9.71. The monoisotopic (exact) mass is 547 g/mol. The second kappa shape index (κ2) is 11.2. The van der Waals surface area contributed by atoms with Gasteiger partial charge in [-0.1, -0.05) is 65.3 Å². The molecule has 41 heavy (non-hydrogen) atoms. The fourth-order valence-corrected chi connectivity index (χ4v) is 4.80. The Kier molecular flexibility index (Phi) is 7.35. The van der Waals surface area contributed by atoms with Gasteiger partial charge in [0, 0.05) is 16.8 Å². The Balaban J connectivity index is 1.68. The first-order valence-corrected chi connectivity index (χ1v) is 12.5. The van der Waals surface area contributed by atoms with Crippen molar-refractivity contribution in [2.24, 2.45) is 5.73 Å². The van der Waals surface area contributed by atoms with E-state index in [9.17, 15) is 14.9 Å². The number of methoxy groups -OCH3 is 2. The molecule has 3 aromatic carbocycles. The van der Waals surface area contributed by atoms with Crippen LogP contribution >= 0.6 is 0 Å². The molecule has 1 aromatic heterocycles. The van der Waals surface area contributed by atoms with E-state index in [1.165, 1.54) is 19.1 Å². The topological polar surface area (TPSA) is 145 Å². The van der Waals surface area contributed by atoms with Crippen LogP contribution in [-0.2, 0) is 19.1 Å². The van der Waals surface area contributed by atoms with Gasteiger partial charge in [-0.05, 0) is 36.8 Å². The van der Waals surface area contributed by atoms with Gasteiger partial charge in [-0.3, -0.25) is 4.90 Å². The minimum absolute atomic E-state index is 0.0439. The molecule has 10 heteroatoms. The number of nitrogens with two attached hydrogens (primary N) is 1. The molecule has 2 N–H and O–H groups in total. The molecular formula is C31H25N5O5. The lowest BCUT2D eigenvalue weighted by molar-refractivity contribution is -0.139. The molecule has 0 saturated carbocycles. The number of aryl methyl sites for hydroxylation is 1. The molecule has 0 radical (unpaired) electrons. The lowest BCUT2D eigenvalue weighted by Crippen LogP contribution is -2.40. The maximum Gasteiger partial charge on any atom is 0.355 e. The largest absolute Gasteiger partial charge is 0.466 e. The molecule has 1 aliphatic rings. The van der Waals surface area contributed by atoms with Crippen LogP contribution in [-0.4, -0.2) is 36.3 Å². The van der Waals surface area contributed by atoms with E-state index in [0.717, 1.165) is 11.1 Å². The zero-order valence-corrected chi connectivity index (χ0v) is 22.5. The number of rotatable bonds is 6. The highest BCUT2D eigenvalue weighted by Crippen LogP contribution is 2.43. The van der Waals surface area contributed by atoms with Gasteiger partial charge in [0.15, 0.2) is 0 Å². The Morgan fingerprint density at radius 2 is 1.66 bits per heavy atom. The Morgan fingerprint density at radius 3 is 2.34 bits per heavy atom. The summed E-state index contributed by atoms with van der Waals surface area (Å²) < 4.78 is 15.7. The number of ether oxygens (including phenoxy) is 2. The van der Waals surface area contributed by atoms with Crippen LogP contribution in [0.5, 0.6) is 0 Å². The molecule has 0 fully saturated rings. The van der Waals surface area contributed by atoms with E-state index in [4.69, 9.17) is 19.7 Å². The lowest BCUT2D eigenvalue weighted by atomic mass is 9.81. The Labute approximate surface area is 235 Å². The zero-order chi connectivity index (χ0) is 29.1. The molecule has 4 aromatic rings. The van der Waals surface area contributed by atoms with Crippen molar-refractivity contribution in [3.63, 3.8) is 0 Å². The SMILES string of the molecule is COC(=O)C1=C(C(=O)OC)N(c2cccc(-c3nc(-c4cccc(C)c4)no3)c2)C(N)=C(C#N)C1c1ccccc1. The maximum absolute atomic E-state index is 13.3. The van der Waals surface area contributed by atoms with E-state index < -0.39 is 17.9 Å². The summed E-state index contributed by atoms with van der Waals surface area (Å²) in [6.07, 6.45) is 0. The molecule has 1 unspecified atom stereocenters. The smallest absolute Gasteiger partial charge is 0.355 e. The fourth-order valence-electron chi connectivity index (χ4n) is 4.80. The molecule has 0 aliphatic carbocycles. The van der Waals surface area contributed by atoms with E-state index in [1.54, 1.807) is 54.6 Å². The summed E-state index contributed by atoms with van der Waals surface area (Å²) >= 11 is 0. The third-order valence-electron chi connectivity index (χ3n) is 6.66. The first-order chi connectivity index (χ1) is 19.9. The van der Waals surface area contributed by atoms with Crippen LogP contribution in [0.4, 0.5) is 5.69 Å². The highest BCUT2D eigenvalue weighted by Gasteiger charge is 2.43.